The first-order valence-electron chi connectivity index (χ1n) is 15.7. The van der Waals surface area contributed by atoms with Crippen molar-refractivity contribution in [1.82, 2.24) is 20.5 Å². The van der Waals surface area contributed by atoms with Gasteiger partial charge in [0, 0.05) is 55.6 Å². The predicted octanol–water partition coefficient (Wildman–Crippen LogP) is 3.97. The third-order valence-corrected chi connectivity index (χ3v) is 8.31. The molecule has 2 heterocycles. The SMILES string of the molecule is COc1ccc(C(NC[C@@H](O)CNC(=O)c2ccnc(NC3CN(C(=O)OC(C)(C)C)C3)c2)C2Cc3ccccc3C2)c(OC)c1. The Bertz CT molecular complexity index is 1490. The molecule has 246 valence electrons. The molecule has 1 aliphatic carbocycles. The van der Waals surface area contributed by atoms with E-state index in [1.807, 2.05) is 39.0 Å². The molecule has 11 nitrogen and oxygen atoms in total. The van der Waals surface area contributed by atoms with Crippen molar-refractivity contribution < 1.29 is 28.9 Å². The van der Waals surface area contributed by atoms with Gasteiger partial charge in [0.25, 0.3) is 5.91 Å². The fourth-order valence-electron chi connectivity index (χ4n) is 5.99. The molecule has 0 radical (unpaired) electrons. The molecule has 4 N–H and O–H groups in total. The van der Waals surface area contributed by atoms with Crippen molar-refractivity contribution in [1.29, 1.82) is 0 Å². The Kier molecular flexibility index (Phi) is 10.3. The normalized spacial score (nSPS) is 16.2. The number of aromatic nitrogens is 1. The highest BCUT2D eigenvalue weighted by Gasteiger charge is 2.34. The van der Waals surface area contributed by atoms with Gasteiger partial charge in [-0.15, -0.1) is 0 Å². The topological polar surface area (TPSA) is 134 Å². The van der Waals surface area contributed by atoms with E-state index in [4.69, 9.17) is 14.2 Å². The lowest BCUT2D eigenvalue weighted by Crippen LogP contribution is -2.58. The number of pyridine rings is 1. The minimum Gasteiger partial charge on any atom is -0.497 e. The summed E-state index contributed by atoms with van der Waals surface area (Å²) in [4.78, 5) is 31.1. The number of aliphatic hydroxyl groups excluding tert-OH is 1. The smallest absolute Gasteiger partial charge is 0.410 e. The zero-order valence-corrected chi connectivity index (χ0v) is 27.2. The Labute approximate surface area is 270 Å². The number of aliphatic hydroxyl groups is 1. The van der Waals surface area contributed by atoms with Gasteiger partial charge < -0.3 is 40.2 Å². The van der Waals surface area contributed by atoms with Gasteiger partial charge in [0.2, 0.25) is 0 Å². The van der Waals surface area contributed by atoms with Crippen molar-refractivity contribution in [3.63, 3.8) is 0 Å². The number of fused-ring (bicyclic) bond motifs is 1. The monoisotopic (exact) mass is 631 g/mol. The minimum atomic E-state index is -0.826. The standard InChI is InChI=1S/C35H45N5O6/c1-35(2,3)46-34(43)40-20-26(21-40)39-31-16-24(12-13-36-31)33(42)38-19-27(41)18-37-32(25-14-22-8-6-7-9-23(22)15-25)29-11-10-28(44-4)17-30(29)45-5/h6-13,16-17,25-27,32,37,41H,14-15,18-21H2,1-5H3,(H,36,39)(H,38,42)/t27-,32?/m1/s1. The fourth-order valence-corrected chi connectivity index (χ4v) is 5.99. The summed E-state index contributed by atoms with van der Waals surface area (Å²) >= 11 is 0. The molecule has 0 saturated carbocycles. The van der Waals surface area contributed by atoms with Gasteiger partial charge in [0.1, 0.15) is 22.9 Å². The number of methoxy groups -OCH3 is 2. The molecule has 46 heavy (non-hydrogen) atoms. The molecule has 1 unspecified atom stereocenters. The van der Waals surface area contributed by atoms with Crippen LogP contribution >= 0.6 is 0 Å². The number of ether oxygens (including phenoxy) is 3. The number of rotatable bonds is 12. The molecule has 1 aliphatic heterocycles. The first-order valence-corrected chi connectivity index (χ1v) is 15.7. The highest BCUT2D eigenvalue weighted by Crippen LogP contribution is 2.39. The van der Waals surface area contributed by atoms with Gasteiger partial charge in [0.05, 0.1) is 26.4 Å². The van der Waals surface area contributed by atoms with Crippen LogP contribution in [0.15, 0.2) is 60.8 Å². The number of likely N-dealkylation sites (tertiary alicyclic amines) is 1. The van der Waals surface area contributed by atoms with Crippen molar-refractivity contribution in [3.8, 4) is 11.5 Å². The lowest BCUT2D eigenvalue weighted by atomic mass is 9.89. The van der Waals surface area contributed by atoms with E-state index in [0.29, 0.717) is 30.2 Å². The molecule has 2 aromatic carbocycles. The maximum Gasteiger partial charge on any atom is 0.410 e. The van der Waals surface area contributed by atoms with Crippen LogP contribution in [0.1, 0.15) is 53.9 Å². The van der Waals surface area contributed by atoms with E-state index >= 15 is 0 Å². The van der Waals surface area contributed by atoms with Crippen LogP contribution in [0.4, 0.5) is 10.6 Å². The molecule has 1 fully saturated rings. The number of hydrogen-bond donors (Lipinski definition) is 4. The third kappa shape index (κ3) is 8.27. The summed E-state index contributed by atoms with van der Waals surface area (Å²) < 4.78 is 16.6. The second-order valence-electron chi connectivity index (χ2n) is 13.0. The van der Waals surface area contributed by atoms with Crippen molar-refractivity contribution in [2.24, 2.45) is 5.92 Å². The van der Waals surface area contributed by atoms with Crippen molar-refractivity contribution >= 4 is 17.8 Å². The molecular weight excluding hydrogens is 586 g/mol. The number of amides is 2. The molecule has 2 aliphatic rings. The molecule has 2 atom stereocenters. The Morgan fingerprint density at radius 1 is 1.00 bits per heavy atom. The molecule has 0 spiro atoms. The summed E-state index contributed by atoms with van der Waals surface area (Å²) in [5, 5.41) is 20.6. The second kappa shape index (κ2) is 14.4. The van der Waals surface area contributed by atoms with Crippen molar-refractivity contribution in [3.05, 3.63) is 83.0 Å². The number of hydrogen-bond acceptors (Lipinski definition) is 9. The molecular formula is C35H45N5O6. The quantitative estimate of drug-likeness (QED) is 0.234. The number of carbonyl (C=O) groups is 2. The van der Waals surface area contributed by atoms with E-state index < -0.39 is 11.7 Å². The third-order valence-electron chi connectivity index (χ3n) is 8.31. The number of carbonyl (C=O) groups excluding carboxylic acids is 2. The van der Waals surface area contributed by atoms with Crippen molar-refractivity contribution in [2.45, 2.75) is 57.4 Å². The summed E-state index contributed by atoms with van der Waals surface area (Å²) in [6.07, 6.45) is 2.21. The number of benzene rings is 2. The Morgan fingerprint density at radius 3 is 2.37 bits per heavy atom. The zero-order valence-electron chi connectivity index (χ0n) is 27.2. The van der Waals surface area contributed by atoms with Crippen LogP contribution in [0.5, 0.6) is 11.5 Å². The van der Waals surface area contributed by atoms with Gasteiger partial charge in [-0.05, 0) is 68.9 Å². The summed E-state index contributed by atoms with van der Waals surface area (Å²) in [7, 11) is 3.27. The highest BCUT2D eigenvalue weighted by molar-refractivity contribution is 5.94. The zero-order chi connectivity index (χ0) is 32.8. The maximum atomic E-state index is 13.0. The number of nitrogens with one attached hydrogen (secondary N) is 3. The van der Waals surface area contributed by atoms with Crippen LogP contribution in [-0.2, 0) is 17.6 Å². The van der Waals surface area contributed by atoms with Gasteiger partial charge in [-0.3, -0.25) is 4.79 Å². The maximum absolute atomic E-state index is 13.0. The van der Waals surface area contributed by atoms with E-state index in [-0.39, 0.29) is 43.1 Å². The van der Waals surface area contributed by atoms with Gasteiger partial charge >= 0.3 is 6.09 Å². The van der Waals surface area contributed by atoms with Gasteiger partial charge in [-0.1, -0.05) is 30.3 Å². The van der Waals surface area contributed by atoms with Gasteiger partial charge in [-0.2, -0.15) is 0 Å². The molecule has 1 saturated heterocycles. The lowest BCUT2D eigenvalue weighted by molar-refractivity contribution is 0.0104. The van der Waals surface area contributed by atoms with E-state index in [2.05, 4.69) is 45.2 Å². The van der Waals surface area contributed by atoms with Gasteiger partial charge in [-0.25, -0.2) is 9.78 Å². The lowest BCUT2D eigenvalue weighted by Gasteiger charge is -2.40. The first-order chi connectivity index (χ1) is 22.0. The van der Waals surface area contributed by atoms with E-state index in [1.165, 1.54) is 11.1 Å². The molecule has 0 bridgehead atoms. The van der Waals surface area contributed by atoms with E-state index in [9.17, 15) is 14.7 Å². The Hall–Kier alpha value is -4.35. The van der Waals surface area contributed by atoms with Crippen molar-refractivity contribution in [2.75, 3.05) is 45.7 Å². The summed E-state index contributed by atoms with van der Waals surface area (Å²) in [5.74, 6) is 1.92. The van der Waals surface area contributed by atoms with Gasteiger partial charge in [0.15, 0.2) is 0 Å². The van der Waals surface area contributed by atoms with E-state index in [0.717, 1.165) is 24.2 Å². The van der Waals surface area contributed by atoms with Crippen LogP contribution < -0.4 is 25.4 Å². The number of anilines is 1. The molecule has 1 aromatic heterocycles. The minimum absolute atomic E-state index is 0.0103. The number of nitrogens with zero attached hydrogens (tertiary/aromatic N) is 2. The first kappa shape index (κ1) is 33.0. The highest BCUT2D eigenvalue weighted by atomic mass is 16.6. The fraction of sp³-hybridized carbons (Fsp3) is 0.457. The Morgan fingerprint density at radius 2 is 1.72 bits per heavy atom. The van der Waals surface area contributed by atoms with E-state index in [1.54, 1.807) is 37.4 Å². The summed E-state index contributed by atoms with van der Waals surface area (Å²) in [6, 6.07) is 17.5. The Balaban J connectivity index is 1.15. The predicted molar refractivity (Wildman–Crippen MR) is 175 cm³/mol. The summed E-state index contributed by atoms with van der Waals surface area (Å²) in [5.41, 5.74) is 3.55. The molecule has 2 amide bonds. The molecule has 3 aromatic rings. The van der Waals surface area contributed by atoms with Crippen LogP contribution in [0.25, 0.3) is 0 Å². The van der Waals surface area contributed by atoms with Crippen LogP contribution in [0.2, 0.25) is 0 Å². The van der Waals surface area contributed by atoms with Crippen LogP contribution in [-0.4, -0.2) is 85.1 Å². The van der Waals surface area contributed by atoms with Crippen LogP contribution in [0.3, 0.4) is 0 Å². The second-order valence-corrected chi connectivity index (χ2v) is 13.0. The van der Waals surface area contributed by atoms with Crippen LogP contribution in [0, 0.1) is 5.92 Å². The largest absolute Gasteiger partial charge is 0.497 e. The average molecular weight is 632 g/mol. The average Bonchev–Trinajstić information content (AvgIpc) is 3.44. The molecule has 11 heteroatoms. The summed E-state index contributed by atoms with van der Waals surface area (Å²) in [6.45, 7) is 6.83. The molecule has 5 rings (SSSR count).